The average Bonchev–Trinajstić information content (AvgIpc) is 2.39. The highest BCUT2D eigenvalue weighted by molar-refractivity contribution is 5.54. The average molecular weight is 150 g/mol. The van der Waals surface area contributed by atoms with Gasteiger partial charge in [-0.1, -0.05) is 12.2 Å². The van der Waals surface area contributed by atoms with Crippen LogP contribution in [0.1, 0.15) is 26.2 Å². The van der Waals surface area contributed by atoms with Crippen LogP contribution >= 0.6 is 0 Å². The molecule has 0 bridgehead atoms. The van der Waals surface area contributed by atoms with E-state index in [2.05, 4.69) is 11.1 Å². The lowest BCUT2D eigenvalue weighted by atomic mass is 10.2. The zero-order valence-electron chi connectivity index (χ0n) is 6.88. The molecule has 11 heavy (non-hydrogen) atoms. The van der Waals surface area contributed by atoms with Crippen LogP contribution < -0.4 is 5.73 Å². The zero-order chi connectivity index (χ0) is 8.10. The SMILES string of the molecule is C/C=C/C1=C(/N=C\N)CCC1. The number of allylic oxidation sites excluding steroid dienone is 4. The Morgan fingerprint density at radius 3 is 2.91 bits per heavy atom. The van der Waals surface area contributed by atoms with Crippen molar-refractivity contribution in [2.24, 2.45) is 10.7 Å². The molecule has 0 amide bonds. The van der Waals surface area contributed by atoms with Crippen LogP contribution in [-0.4, -0.2) is 6.34 Å². The van der Waals surface area contributed by atoms with Gasteiger partial charge in [-0.2, -0.15) is 0 Å². The predicted molar refractivity (Wildman–Crippen MR) is 48.4 cm³/mol. The van der Waals surface area contributed by atoms with E-state index in [0.29, 0.717) is 0 Å². The molecule has 0 unspecified atom stereocenters. The van der Waals surface area contributed by atoms with E-state index < -0.39 is 0 Å². The van der Waals surface area contributed by atoms with Crippen LogP contribution in [0.2, 0.25) is 0 Å². The first-order valence-electron chi connectivity index (χ1n) is 3.97. The first-order valence-corrected chi connectivity index (χ1v) is 3.97. The molecule has 0 fully saturated rings. The minimum Gasteiger partial charge on any atom is -0.390 e. The third kappa shape index (κ3) is 1.93. The smallest absolute Gasteiger partial charge is 0.0856 e. The van der Waals surface area contributed by atoms with Crippen molar-refractivity contribution in [1.29, 1.82) is 0 Å². The molecule has 0 aromatic heterocycles. The molecule has 0 aromatic rings. The summed E-state index contributed by atoms with van der Waals surface area (Å²) in [5, 5.41) is 0. The third-order valence-electron chi connectivity index (χ3n) is 1.83. The number of nitrogens with two attached hydrogens (primary N) is 1. The molecule has 0 saturated carbocycles. The van der Waals surface area contributed by atoms with Crippen molar-refractivity contribution in [1.82, 2.24) is 0 Å². The summed E-state index contributed by atoms with van der Waals surface area (Å²) < 4.78 is 0. The predicted octanol–water partition coefficient (Wildman–Crippen LogP) is 1.99. The van der Waals surface area contributed by atoms with Gasteiger partial charge >= 0.3 is 0 Å². The van der Waals surface area contributed by atoms with Gasteiger partial charge in [0.15, 0.2) is 0 Å². The Morgan fingerprint density at radius 1 is 1.45 bits per heavy atom. The van der Waals surface area contributed by atoms with Crippen LogP contribution in [0.4, 0.5) is 0 Å². The van der Waals surface area contributed by atoms with Gasteiger partial charge in [-0.15, -0.1) is 0 Å². The molecule has 2 nitrogen and oxygen atoms in total. The summed E-state index contributed by atoms with van der Waals surface area (Å²) in [5.41, 5.74) is 7.72. The number of hydrogen-bond donors (Lipinski definition) is 1. The number of aliphatic imine (C=N–C) groups is 1. The molecule has 0 spiro atoms. The number of nitrogens with zero attached hydrogens (tertiary/aromatic N) is 1. The molecule has 1 rings (SSSR count). The lowest BCUT2D eigenvalue weighted by Crippen LogP contribution is -1.89. The summed E-state index contributed by atoms with van der Waals surface area (Å²) in [7, 11) is 0. The van der Waals surface area contributed by atoms with Crippen molar-refractivity contribution in [2.45, 2.75) is 26.2 Å². The lowest BCUT2D eigenvalue weighted by Gasteiger charge is -1.93. The van der Waals surface area contributed by atoms with Gasteiger partial charge in [0.1, 0.15) is 0 Å². The Kier molecular flexibility index (Phi) is 2.90. The summed E-state index contributed by atoms with van der Waals surface area (Å²) in [4.78, 5) is 4.10. The summed E-state index contributed by atoms with van der Waals surface area (Å²) >= 11 is 0. The third-order valence-corrected chi connectivity index (χ3v) is 1.83. The van der Waals surface area contributed by atoms with E-state index in [0.717, 1.165) is 18.5 Å². The standard InChI is InChI=1S/C9H14N2/c1-2-4-8-5-3-6-9(8)11-7-10/h2,4,7H,3,5-6H2,1H3,(H2,10,11)/b4-2+. The Morgan fingerprint density at radius 2 is 2.27 bits per heavy atom. The van der Waals surface area contributed by atoms with Crippen LogP contribution in [-0.2, 0) is 0 Å². The molecule has 0 radical (unpaired) electrons. The Hall–Kier alpha value is -1.05. The van der Waals surface area contributed by atoms with Crippen molar-refractivity contribution in [3.05, 3.63) is 23.4 Å². The van der Waals surface area contributed by atoms with Gasteiger partial charge in [0.2, 0.25) is 0 Å². The highest BCUT2D eigenvalue weighted by Gasteiger charge is 2.09. The first-order chi connectivity index (χ1) is 5.38. The molecule has 0 aliphatic heterocycles. The Balaban J connectivity index is 2.77. The van der Waals surface area contributed by atoms with E-state index >= 15 is 0 Å². The van der Waals surface area contributed by atoms with Crippen LogP contribution in [0.15, 0.2) is 28.4 Å². The van der Waals surface area contributed by atoms with Crippen molar-refractivity contribution >= 4 is 6.34 Å². The maximum absolute atomic E-state index is 5.22. The van der Waals surface area contributed by atoms with Crippen molar-refractivity contribution in [3.8, 4) is 0 Å². The van der Waals surface area contributed by atoms with E-state index in [1.807, 2.05) is 13.0 Å². The second-order valence-electron chi connectivity index (χ2n) is 2.60. The maximum Gasteiger partial charge on any atom is 0.0856 e. The summed E-state index contributed by atoms with van der Waals surface area (Å²) in [6.45, 7) is 2.02. The van der Waals surface area contributed by atoms with Gasteiger partial charge in [-0.05, 0) is 31.8 Å². The molecule has 0 atom stereocenters. The summed E-state index contributed by atoms with van der Waals surface area (Å²) in [6.07, 6.45) is 8.99. The zero-order valence-corrected chi connectivity index (χ0v) is 6.88. The minimum atomic E-state index is 1.08. The Labute approximate surface area is 67.5 Å². The largest absolute Gasteiger partial charge is 0.390 e. The highest BCUT2D eigenvalue weighted by Crippen LogP contribution is 2.27. The molecular formula is C9H14N2. The van der Waals surface area contributed by atoms with E-state index in [1.165, 1.54) is 18.3 Å². The molecule has 0 heterocycles. The van der Waals surface area contributed by atoms with Gasteiger partial charge in [-0.3, -0.25) is 0 Å². The van der Waals surface area contributed by atoms with Crippen molar-refractivity contribution in [2.75, 3.05) is 0 Å². The number of rotatable bonds is 2. The Bertz CT molecular complexity index is 190. The monoisotopic (exact) mass is 150 g/mol. The normalized spacial score (nSPS) is 19.4. The highest BCUT2D eigenvalue weighted by atomic mass is 14.8. The van der Waals surface area contributed by atoms with E-state index in [4.69, 9.17) is 5.73 Å². The lowest BCUT2D eigenvalue weighted by molar-refractivity contribution is 0.894. The maximum atomic E-state index is 5.22. The van der Waals surface area contributed by atoms with Crippen LogP contribution in [0.3, 0.4) is 0 Å². The van der Waals surface area contributed by atoms with E-state index in [1.54, 1.807) is 0 Å². The minimum absolute atomic E-state index is 1.08. The van der Waals surface area contributed by atoms with Crippen LogP contribution in [0.25, 0.3) is 0 Å². The fraction of sp³-hybridized carbons (Fsp3) is 0.444. The fourth-order valence-electron chi connectivity index (χ4n) is 1.37. The van der Waals surface area contributed by atoms with Crippen molar-refractivity contribution < 1.29 is 0 Å². The quantitative estimate of drug-likeness (QED) is 0.474. The first kappa shape index (κ1) is 8.05. The molecule has 1 aliphatic carbocycles. The van der Waals surface area contributed by atoms with E-state index in [9.17, 15) is 0 Å². The van der Waals surface area contributed by atoms with Gasteiger partial charge < -0.3 is 5.73 Å². The van der Waals surface area contributed by atoms with Crippen molar-refractivity contribution in [3.63, 3.8) is 0 Å². The summed E-state index contributed by atoms with van der Waals surface area (Å²) in [5.74, 6) is 0. The topological polar surface area (TPSA) is 38.4 Å². The second-order valence-corrected chi connectivity index (χ2v) is 2.60. The molecule has 0 aromatic carbocycles. The van der Waals surface area contributed by atoms with Gasteiger partial charge in [0, 0.05) is 5.70 Å². The van der Waals surface area contributed by atoms with Crippen LogP contribution in [0.5, 0.6) is 0 Å². The molecule has 60 valence electrons. The summed E-state index contributed by atoms with van der Waals surface area (Å²) in [6, 6.07) is 0. The van der Waals surface area contributed by atoms with Crippen LogP contribution in [0, 0.1) is 0 Å². The molecule has 1 aliphatic rings. The molecule has 2 N–H and O–H groups in total. The molecular weight excluding hydrogens is 136 g/mol. The fourth-order valence-corrected chi connectivity index (χ4v) is 1.37. The second kappa shape index (κ2) is 3.96. The van der Waals surface area contributed by atoms with Gasteiger partial charge in [0.25, 0.3) is 0 Å². The van der Waals surface area contributed by atoms with Gasteiger partial charge in [-0.25, -0.2) is 4.99 Å². The number of hydrogen-bond acceptors (Lipinski definition) is 1. The molecule has 2 heteroatoms. The van der Waals surface area contributed by atoms with E-state index in [-0.39, 0.29) is 0 Å². The molecule has 0 saturated heterocycles. The van der Waals surface area contributed by atoms with Gasteiger partial charge in [0.05, 0.1) is 6.34 Å².